The molecule has 21 heavy (non-hydrogen) atoms. The molecular formula is C14H16FN3O2S. The summed E-state index contributed by atoms with van der Waals surface area (Å²) in [6.07, 6.45) is 1.74. The van der Waals surface area contributed by atoms with Crippen LogP contribution in [0.5, 0.6) is 0 Å². The number of nitro benzene ring substituents is 1. The number of aromatic nitrogens is 1. The predicted molar refractivity (Wildman–Crippen MR) is 81.2 cm³/mol. The van der Waals surface area contributed by atoms with Crippen molar-refractivity contribution in [3.05, 3.63) is 50.2 Å². The van der Waals surface area contributed by atoms with E-state index in [0.29, 0.717) is 6.54 Å². The lowest BCUT2D eigenvalue weighted by Gasteiger charge is -2.13. The molecule has 0 unspecified atom stereocenters. The van der Waals surface area contributed by atoms with E-state index in [1.807, 2.05) is 0 Å². The summed E-state index contributed by atoms with van der Waals surface area (Å²) in [5.41, 5.74) is -0.0480. The highest BCUT2D eigenvalue weighted by molar-refractivity contribution is 7.11. The summed E-state index contributed by atoms with van der Waals surface area (Å²) in [5.74, 6) is -0.513. The molecule has 2 rings (SSSR count). The van der Waals surface area contributed by atoms with Gasteiger partial charge >= 0.3 is 0 Å². The van der Waals surface area contributed by atoms with Gasteiger partial charge in [0.15, 0.2) is 0 Å². The molecule has 112 valence electrons. The fourth-order valence-corrected chi connectivity index (χ4v) is 2.59. The summed E-state index contributed by atoms with van der Waals surface area (Å²) in [5, 5.41) is 14.6. The average molecular weight is 309 g/mol. The van der Waals surface area contributed by atoms with Crippen LogP contribution in [-0.2, 0) is 12.0 Å². The van der Waals surface area contributed by atoms with Gasteiger partial charge in [0.05, 0.1) is 22.2 Å². The van der Waals surface area contributed by atoms with Crippen LogP contribution >= 0.6 is 11.3 Å². The van der Waals surface area contributed by atoms with Gasteiger partial charge in [-0.1, -0.05) is 20.8 Å². The highest BCUT2D eigenvalue weighted by atomic mass is 32.1. The fraction of sp³-hybridized carbons (Fsp3) is 0.357. The van der Waals surface area contributed by atoms with Gasteiger partial charge in [0.1, 0.15) is 5.82 Å². The number of halogens is 1. The molecule has 5 nitrogen and oxygen atoms in total. The molecule has 1 aromatic heterocycles. The van der Waals surface area contributed by atoms with E-state index < -0.39 is 10.7 Å². The Labute approximate surface area is 126 Å². The smallest absolute Gasteiger partial charge is 0.271 e. The number of non-ortho nitro benzene ring substituents is 1. The summed E-state index contributed by atoms with van der Waals surface area (Å²) in [6, 6.07) is 3.43. The minimum absolute atomic E-state index is 0.0281. The van der Waals surface area contributed by atoms with Crippen molar-refractivity contribution in [1.29, 1.82) is 0 Å². The molecule has 0 aliphatic rings. The van der Waals surface area contributed by atoms with Crippen molar-refractivity contribution in [3.8, 4) is 0 Å². The minimum atomic E-state index is -0.547. The molecule has 0 fully saturated rings. The van der Waals surface area contributed by atoms with Crippen LogP contribution in [0, 0.1) is 15.9 Å². The first-order valence-electron chi connectivity index (χ1n) is 6.40. The molecule has 0 spiro atoms. The van der Waals surface area contributed by atoms with Crippen LogP contribution in [0.25, 0.3) is 0 Å². The molecular weight excluding hydrogens is 293 g/mol. The first kappa shape index (κ1) is 15.4. The summed E-state index contributed by atoms with van der Waals surface area (Å²) < 4.78 is 13.6. The lowest BCUT2D eigenvalue weighted by molar-refractivity contribution is -0.384. The third kappa shape index (κ3) is 3.75. The zero-order valence-electron chi connectivity index (χ0n) is 12.0. The van der Waals surface area contributed by atoms with Crippen LogP contribution in [0.3, 0.4) is 0 Å². The number of benzene rings is 1. The first-order valence-corrected chi connectivity index (χ1v) is 7.22. The Kier molecular flexibility index (Phi) is 4.22. The van der Waals surface area contributed by atoms with Crippen molar-refractivity contribution in [1.82, 2.24) is 4.98 Å². The van der Waals surface area contributed by atoms with Gasteiger partial charge < -0.3 is 5.32 Å². The Morgan fingerprint density at radius 2 is 2.14 bits per heavy atom. The standard InChI is InChI=1S/C14H16FN3O2S/c1-14(2,3)13-17-8-10(21-13)7-16-12-6-9(18(19)20)4-5-11(12)15/h4-6,8,16H,7H2,1-3H3. The van der Waals surface area contributed by atoms with Crippen molar-refractivity contribution in [3.63, 3.8) is 0 Å². The van der Waals surface area contributed by atoms with Crippen LogP contribution in [0.4, 0.5) is 15.8 Å². The number of hydrogen-bond donors (Lipinski definition) is 1. The fourth-order valence-electron chi connectivity index (χ4n) is 1.68. The Morgan fingerprint density at radius 3 is 2.71 bits per heavy atom. The molecule has 0 amide bonds. The second kappa shape index (κ2) is 5.77. The summed E-state index contributed by atoms with van der Waals surface area (Å²) in [4.78, 5) is 15.4. The highest BCUT2D eigenvalue weighted by Gasteiger charge is 2.18. The van der Waals surface area contributed by atoms with E-state index >= 15 is 0 Å². The van der Waals surface area contributed by atoms with E-state index in [0.717, 1.165) is 22.0 Å². The Balaban J connectivity index is 2.11. The van der Waals surface area contributed by atoms with Gasteiger partial charge in [-0.05, 0) is 6.07 Å². The van der Waals surface area contributed by atoms with E-state index in [1.54, 1.807) is 17.5 Å². The van der Waals surface area contributed by atoms with E-state index in [2.05, 4.69) is 31.1 Å². The van der Waals surface area contributed by atoms with Crippen LogP contribution in [0.2, 0.25) is 0 Å². The average Bonchev–Trinajstić information content (AvgIpc) is 2.86. The number of nitrogens with zero attached hydrogens (tertiary/aromatic N) is 2. The van der Waals surface area contributed by atoms with E-state index in [4.69, 9.17) is 0 Å². The van der Waals surface area contributed by atoms with Crippen molar-refractivity contribution in [2.45, 2.75) is 32.7 Å². The van der Waals surface area contributed by atoms with E-state index in [-0.39, 0.29) is 16.8 Å². The van der Waals surface area contributed by atoms with Crippen LogP contribution in [0.1, 0.15) is 30.7 Å². The summed E-state index contributed by atoms with van der Waals surface area (Å²) in [7, 11) is 0. The maximum atomic E-state index is 13.6. The molecule has 0 aliphatic carbocycles. The Hall–Kier alpha value is -2.02. The SMILES string of the molecule is CC(C)(C)c1ncc(CNc2cc([N+](=O)[O-])ccc2F)s1. The van der Waals surface area contributed by atoms with Crippen molar-refractivity contribution >= 4 is 22.7 Å². The largest absolute Gasteiger partial charge is 0.378 e. The van der Waals surface area contributed by atoms with Crippen LogP contribution in [0.15, 0.2) is 24.4 Å². The second-order valence-corrected chi connectivity index (χ2v) is 6.77. The molecule has 0 aliphatic heterocycles. The lowest BCUT2D eigenvalue weighted by Crippen LogP contribution is -2.09. The third-order valence-electron chi connectivity index (χ3n) is 2.81. The molecule has 0 saturated heterocycles. The summed E-state index contributed by atoms with van der Waals surface area (Å²) in [6.45, 7) is 6.60. The zero-order valence-corrected chi connectivity index (χ0v) is 12.8. The zero-order chi connectivity index (χ0) is 15.6. The number of nitrogens with one attached hydrogen (secondary N) is 1. The van der Waals surface area contributed by atoms with Crippen molar-refractivity contribution < 1.29 is 9.31 Å². The Morgan fingerprint density at radius 1 is 1.43 bits per heavy atom. The maximum Gasteiger partial charge on any atom is 0.271 e. The minimum Gasteiger partial charge on any atom is -0.378 e. The van der Waals surface area contributed by atoms with Crippen molar-refractivity contribution in [2.75, 3.05) is 5.32 Å². The molecule has 0 saturated carbocycles. The van der Waals surface area contributed by atoms with Gasteiger partial charge in [0.2, 0.25) is 0 Å². The number of rotatable bonds is 4. The first-order chi connectivity index (χ1) is 9.77. The molecule has 1 heterocycles. The molecule has 1 aromatic carbocycles. The highest BCUT2D eigenvalue weighted by Crippen LogP contribution is 2.28. The van der Waals surface area contributed by atoms with Crippen LogP contribution in [-0.4, -0.2) is 9.91 Å². The quantitative estimate of drug-likeness (QED) is 0.682. The van der Waals surface area contributed by atoms with Gasteiger partial charge in [-0.2, -0.15) is 0 Å². The molecule has 0 radical (unpaired) electrons. The van der Waals surface area contributed by atoms with Crippen LogP contribution < -0.4 is 5.32 Å². The second-order valence-electron chi connectivity index (χ2n) is 5.66. The molecule has 7 heteroatoms. The van der Waals surface area contributed by atoms with E-state index in [1.165, 1.54) is 6.07 Å². The number of hydrogen-bond acceptors (Lipinski definition) is 5. The number of thiazole rings is 1. The molecule has 0 bridgehead atoms. The van der Waals surface area contributed by atoms with Crippen molar-refractivity contribution in [2.24, 2.45) is 0 Å². The molecule has 0 atom stereocenters. The van der Waals surface area contributed by atoms with Gasteiger partial charge in [-0.15, -0.1) is 11.3 Å². The van der Waals surface area contributed by atoms with Gasteiger partial charge in [0, 0.05) is 28.6 Å². The van der Waals surface area contributed by atoms with Gasteiger partial charge in [-0.3, -0.25) is 10.1 Å². The maximum absolute atomic E-state index is 13.6. The Bertz CT molecular complexity index is 664. The normalized spacial score (nSPS) is 11.4. The van der Waals surface area contributed by atoms with E-state index in [9.17, 15) is 14.5 Å². The molecule has 1 N–H and O–H groups in total. The predicted octanol–water partition coefficient (Wildman–Crippen LogP) is 4.10. The third-order valence-corrected chi connectivity index (χ3v) is 4.23. The van der Waals surface area contributed by atoms with Gasteiger partial charge in [0.25, 0.3) is 5.69 Å². The lowest BCUT2D eigenvalue weighted by atomic mass is 9.98. The topological polar surface area (TPSA) is 68.1 Å². The van der Waals surface area contributed by atoms with Gasteiger partial charge in [-0.25, -0.2) is 9.37 Å². The number of nitro groups is 1. The number of anilines is 1. The monoisotopic (exact) mass is 309 g/mol. The molecule has 2 aromatic rings. The summed E-state index contributed by atoms with van der Waals surface area (Å²) >= 11 is 1.55.